The fourth-order valence-corrected chi connectivity index (χ4v) is 3.30. The second kappa shape index (κ2) is 11.5. The van der Waals surface area contributed by atoms with Crippen LogP contribution in [0.2, 0.25) is 0 Å². The van der Waals surface area contributed by atoms with E-state index in [0.717, 1.165) is 32.6 Å². The van der Waals surface area contributed by atoms with E-state index in [0.29, 0.717) is 30.8 Å². The molecule has 1 aromatic heterocycles. The number of hydrogen-bond acceptors (Lipinski definition) is 5. The molecule has 2 unspecified atom stereocenters. The second-order valence-electron chi connectivity index (χ2n) is 7.45. The molecule has 3 heterocycles. The highest BCUT2D eigenvalue weighted by Crippen LogP contribution is 2.20. The highest BCUT2D eigenvalue weighted by Gasteiger charge is 2.26. The molecule has 1 amide bonds. The van der Waals surface area contributed by atoms with Crippen LogP contribution in [0, 0.1) is 11.7 Å². The molecule has 3 rings (SSSR count). The van der Waals surface area contributed by atoms with Crippen molar-refractivity contribution < 1.29 is 13.9 Å². The molecule has 2 N–H and O–H groups in total. The van der Waals surface area contributed by atoms with Gasteiger partial charge in [0.1, 0.15) is 6.54 Å². The smallest absolute Gasteiger partial charge is 0.243 e. The van der Waals surface area contributed by atoms with E-state index in [9.17, 15) is 9.18 Å². The number of aromatic nitrogens is 1. The van der Waals surface area contributed by atoms with Crippen LogP contribution in [0.15, 0.2) is 23.3 Å². The number of likely N-dealkylation sites (N-methyl/N-ethyl adjacent to an activating group) is 1. The number of hydrogen-bond donors (Lipinski definition) is 2. The third kappa shape index (κ3) is 6.95. The molecule has 8 nitrogen and oxygen atoms in total. The maximum atomic E-state index is 14.0. The lowest BCUT2D eigenvalue weighted by atomic mass is 10.1. The van der Waals surface area contributed by atoms with E-state index < -0.39 is 0 Å². The number of pyridine rings is 1. The number of rotatable bonds is 6. The van der Waals surface area contributed by atoms with Gasteiger partial charge in [-0.15, -0.1) is 24.0 Å². The first kappa shape index (κ1) is 23.6. The van der Waals surface area contributed by atoms with Gasteiger partial charge in [0.2, 0.25) is 5.91 Å². The summed E-state index contributed by atoms with van der Waals surface area (Å²) in [6.45, 7) is 3.70. The van der Waals surface area contributed by atoms with Gasteiger partial charge in [-0.25, -0.2) is 14.4 Å². The standard InChI is InChI=1S/C19H29FN6O2.HI/c1-25(2)17(27)11-23-19(22-10-14-6-9-28-13-14)24-15-5-8-26(12-15)18-16(20)4-3-7-21-18;/h3-4,7,14-15H,5-6,8-13H2,1-2H3,(H2,22,23,24);1H. The predicted octanol–water partition coefficient (Wildman–Crippen LogP) is 1.08. The lowest BCUT2D eigenvalue weighted by molar-refractivity contribution is -0.127. The summed E-state index contributed by atoms with van der Waals surface area (Å²) in [5, 5.41) is 6.72. The Morgan fingerprint density at radius 1 is 1.45 bits per heavy atom. The SMILES string of the molecule is CN(C)C(=O)CN=C(NCC1CCOC1)NC1CCN(c2ncccc2F)C1.I. The van der Waals surface area contributed by atoms with Crippen molar-refractivity contribution in [3.05, 3.63) is 24.1 Å². The molecular weight excluding hydrogens is 490 g/mol. The molecule has 0 bridgehead atoms. The lowest BCUT2D eigenvalue weighted by Crippen LogP contribution is -2.46. The zero-order chi connectivity index (χ0) is 19.9. The van der Waals surface area contributed by atoms with Gasteiger partial charge in [-0.2, -0.15) is 0 Å². The van der Waals surface area contributed by atoms with Gasteiger partial charge in [-0.1, -0.05) is 0 Å². The van der Waals surface area contributed by atoms with Crippen LogP contribution in [0.4, 0.5) is 10.2 Å². The molecule has 10 heteroatoms. The van der Waals surface area contributed by atoms with E-state index in [4.69, 9.17) is 4.74 Å². The Bertz CT molecular complexity index is 699. The van der Waals surface area contributed by atoms with Crippen molar-refractivity contribution in [3.63, 3.8) is 0 Å². The van der Waals surface area contributed by atoms with E-state index in [2.05, 4.69) is 20.6 Å². The van der Waals surface area contributed by atoms with Crippen LogP contribution >= 0.6 is 24.0 Å². The molecular formula is C19H30FIN6O2. The molecule has 2 aliphatic rings. The van der Waals surface area contributed by atoms with Crippen molar-refractivity contribution in [2.75, 3.05) is 58.4 Å². The maximum absolute atomic E-state index is 14.0. The fraction of sp³-hybridized carbons (Fsp3) is 0.632. The summed E-state index contributed by atoms with van der Waals surface area (Å²) in [4.78, 5) is 24.0. The van der Waals surface area contributed by atoms with Gasteiger partial charge in [-0.3, -0.25) is 4.79 Å². The van der Waals surface area contributed by atoms with Gasteiger partial charge < -0.3 is 25.2 Å². The number of amides is 1. The second-order valence-corrected chi connectivity index (χ2v) is 7.45. The molecule has 2 fully saturated rings. The monoisotopic (exact) mass is 520 g/mol. The van der Waals surface area contributed by atoms with Crippen LogP contribution in [0.25, 0.3) is 0 Å². The predicted molar refractivity (Wildman–Crippen MR) is 121 cm³/mol. The van der Waals surface area contributed by atoms with E-state index in [1.165, 1.54) is 11.0 Å². The zero-order valence-electron chi connectivity index (χ0n) is 16.9. The minimum absolute atomic E-state index is 0. The Balaban J connectivity index is 0.00000300. The van der Waals surface area contributed by atoms with Gasteiger partial charge in [0.05, 0.1) is 6.61 Å². The quantitative estimate of drug-likeness (QED) is 0.332. The van der Waals surface area contributed by atoms with Gasteiger partial charge in [-0.05, 0) is 25.0 Å². The topological polar surface area (TPSA) is 82.1 Å². The number of ether oxygens (including phenoxy) is 1. The number of guanidine groups is 1. The van der Waals surface area contributed by atoms with Crippen LogP contribution in [-0.2, 0) is 9.53 Å². The number of anilines is 1. The summed E-state index contributed by atoms with van der Waals surface area (Å²) in [6, 6.07) is 3.11. The van der Waals surface area contributed by atoms with Crippen molar-refractivity contribution >= 4 is 41.7 Å². The van der Waals surface area contributed by atoms with Crippen LogP contribution in [-0.4, -0.2) is 81.3 Å². The van der Waals surface area contributed by atoms with E-state index in [-0.39, 0.29) is 48.3 Å². The first-order chi connectivity index (χ1) is 13.5. The molecule has 0 spiro atoms. The molecule has 0 aromatic carbocycles. The first-order valence-corrected chi connectivity index (χ1v) is 9.71. The summed E-state index contributed by atoms with van der Waals surface area (Å²) in [5.74, 6) is 1.06. The molecule has 1 aromatic rings. The van der Waals surface area contributed by atoms with E-state index in [1.54, 1.807) is 26.4 Å². The molecule has 162 valence electrons. The molecule has 29 heavy (non-hydrogen) atoms. The number of carbonyl (C=O) groups is 1. The van der Waals surface area contributed by atoms with Crippen molar-refractivity contribution in [1.29, 1.82) is 0 Å². The Hall–Kier alpha value is -1.69. The number of nitrogens with one attached hydrogen (secondary N) is 2. The Morgan fingerprint density at radius 2 is 2.28 bits per heavy atom. The van der Waals surface area contributed by atoms with Crippen LogP contribution < -0.4 is 15.5 Å². The van der Waals surface area contributed by atoms with Gasteiger partial charge in [0, 0.05) is 58.5 Å². The van der Waals surface area contributed by atoms with Crippen molar-refractivity contribution in [3.8, 4) is 0 Å². The molecule has 0 radical (unpaired) electrons. The minimum atomic E-state index is -0.312. The zero-order valence-corrected chi connectivity index (χ0v) is 19.3. The van der Waals surface area contributed by atoms with Crippen LogP contribution in [0.5, 0.6) is 0 Å². The van der Waals surface area contributed by atoms with Crippen molar-refractivity contribution in [1.82, 2.24) is 20.5 Å². The summed E-state index contributed by atoms with van der Waals surface area (Å²) >= 11 is 0. The third-order valence-electron chi connectivity index (χ3n) is 5.02. The van der Waals surface area contributed by atoms with Crippen LogP contribution in [0.3, 0.4) is 0 Å². The summed E-state index contributed by atoms with van der Waals surface area (Å²) in [7, 11) is 3.43. The van der Waals surface area contributed by atoms with Crippen molar-refractivity contribution in [2.45, 2.75) is 18.9 Å². The minimum Gasteiger partial charge on any atom is -0.381 e. The van der Waals surface area contributed by atoms with E-state index >= 15 is 0 Å². The average Bonchev–Trinajstić information content (AvgIpc) is 3.36. The molecule has 0 saturated carbocycles. The summed E-state index contributed by atoms with van der Waals surface area (Å²) in [5.41, 5.74) is 0. The Labute approximate surface area is 188 Å². The lowest BCUT2D eigenvalue weighted by Gasteiger charge is -2.21. The highest BCUT2D eigenvalue weighted by molar-refractivity contribution is 14.0. The fourth-order valence-electron chi connectivity index (χ4n) is 3.30. The number of halogens is 2. The average molecular weight is 520 g/mol. The van der Waals surface area contributed by atoms with Gasteiger partial charge >= 0.3 is 0 Å². The largest absolute Gasteiger partial charge is 0.381 e. The van der Waals surface area contributed by atoms with Gasteiger partial charge in [0.15, 0.2) is 17.6 Å². The first-order valence-electron chi connectivity index (χ1n) is 9.71. The third-order valence-corrected chi connectivity index (χ3v) is 5.02. The maximum Gasteiger partial charge on any atom is 0.243 e. The summed E-state index contributed by atoms with van der Waals surface area (Å²) < 4.78 is 19.4. The molecule has 2 saturated heterocycles. The molecule has 2 aliphatic heterocycles. The van der Waals surface area contributed by atoms with Gasteiger partial charge in [0.25, 0.3) is 0 Å². The van der Waals surface area contributed by atoms with Crippen LogP contribution in [0.1, 0.15) is 12.8 Å². The molecule has 2 atom stereocenters. The number of aliphatic imine (C=N–C) groups is 1. The Kier molecular flexibility index (Phi) is 9.34. The normalized spacial score (nSPS) is 21.6. The highest BCUT2D eigenvalue weighted by atomic mass is 127. The van der Waals surface area contributed by atoms with E-state index in [1.807, 2.05) is 4.90 Å². The van der Waals surface area contributed by atoms with Crippen molar-refractivity contribution in [2.24, 2.45) is 10.9 Å². The number of nitrogens with zero attached hydrogens (tertiary/aromatic N) is 4. The number of carbonyl (C=O) groups excluding carboxylic acids is 1. The Morgan fingerprint density at radius 3 is 2.97 bits per heavy atom. The summed E-state index contributed by atoms with van der Waals surface area (Å²) in [6.07, 6.45) is 3.46. The molecule has 0 aliphatic carbocycles.